The molecule has 31 heavy (non-hydrogen) atoms. The molecule has 1 amide bonds. The van der Waals surface area contributed by atoms with E-state index in [0.29, 0.717) is 11.3 Å². The molecule has 2 N–H and O–H groups in total. The molecular weight excluding hydrogens is 408 g/mol. The van der Waals surface area contributed by atoms with E-state index in [1.807, 2.05) is 0 Å². The predicted octanol–water partition coefficient (Wildman–Crippen LogP) is 4.52. The summed E-state index contributed by atoms with van der Waals surface area (Å²) in [6.07, 6.45) is 2.64. The molecule has 1 aromatic carbocycles. The van der Waals surface area contributed by atoms with Crippen molar-refractivity contribution in [2.75, 3.05) is 37.6 Å². The Bertz CT molecular complexity index is 954. The minimum absolute atomic E-state index is 0.120. The molecule has 1 saturated heterocycles. The van der Waals surface area contributed by atoms with E-state index in [9.17, 15) is 9.90 Å². The Morgan fingerprint density at radius 1 is 1.19 bits per heavy atom. The topological polar surface area (TPSA) is 68.7 Å². The van der Waals surface area contributed by atoms with E-state index < -0.39 is 6.09 Å². The summed E-state index contributed by atoms with van der Waals surface area (Å²) in [7, 11) is 0. The lowest BCUT2D eigenvalue weighted by atomic mass is 9.40. The lowest BCUT2D eigenvalue weighted by Crippen LogP contribution is -2.68. The van der Waals surface area contributed by atoms with Crippen LogP contribution in [0.25, 0.3) is 10.1 Å². The molecule has 2 saturated carbocycles. The Labute approximate surface area is 188 Å². The number of fused-ring (bicyclic) bond motifs is 1. The van der Waals surface area contributed by atoms with Gasteiger partial charge in [-0.25, -0.2) is 4.79 Å². The van der Waals surface area contributed by atoms with Gasteiger partial charge in [-0.05, 0) is 65.6 Å². The van der Waals surface area contributed by atoms with Gasteiger partial charge in [0.2, 0.25) is 0 Å². The molecule has 2 aromatic rings. The fourth-order valence-electron chi connectivity index (χ4n) is 7.01. The average molecular weight is 443 g/mol. The number of aromatic nitrogens is 1. The van der Waals surface area contributed by atoms with Gasteiger partial charge >= 0.3 is 6.09 Å². The van der Waals surface area contributed by atoms with Crippen LogP contribution in [0.15, 0.2) is 24.3 Å². The third kappa shape index (κ3) is 3.80. The quantitative estimate of drug-likeness (QED) is 0.729. The highest BCUT2D eigenvalue weighted by Crippen LogP contribution is 2.66. The van der Waals surface area contributed by atoms with Crippen molar-refractivity contribution in [1.29, 1.82) is 0 Å². The summed E-state index contributed by atoms with van der Waals surface area (Å²) >= 11 is 1.60. The van der Waals surface area contributed by atoms with E-state index in [4.69, 9.17) is 4.37 Å². The second-order valence-electron chi connectivity index (χ2n) is 11.0. The second-order valence-corrected chi connectivity index (χ2v) is 11.8. The smallest absolute Gasteiger partial charge is 0.404 e. The number of hydrogen-bond donors (Lipinski definition) is 2. The van der Waals surface area contributed by atoms with Gasteiger partial charge in [0.15, 0.2) is 0 Å². The number of nitrogens with zero attached hydrogens (tertiary/aromatic N) is 3. The second kappa shape index (κ2) is 7.62. The summed E-state index contributed by atoms with van der Waals surface area (Å²) in [6.45, 7) is 12.3. The number of carbonyl (C=O) groups is 1. The van der Waals surface area contributed by atoms with Crippen molar-refractivity contribution in [2.24, 2.45) is 22.7 Å². The van der Waals surface area contributed by atoms with Crippen LogP contribution < -0.4 is 10.2 Å². The van der Waals surface area contributed by atoms with Gasteiger partial charge in [0, 0.05) is 44.2 Å². The largest absolute Gasteiger partial charge is 0.465 e. The highest BCUT2D eigenvalue weighted by Gasteiger charge is 2.63. The summed E-state index contributed by atoms with van der Waals surface area (Å²) in [5.41, 5.74) is 0.496. The standard InChI is InChI=1S/C24H34N4O2S/c1-23(2,3)20-18(25-22(29)30)14-24(20)12-16(13-24)15-27-8-10-28(11-9-27)21-17-6-4-5-7-19(17)31-26-21/h4-7,16,18,20,25H,8-15H2,1-3H3,(H,29,30). The lowest BCUT2D eigenvalue weighted by molar-refractivity contribution is -0.161. The highest BCUT2D eigenvalue weighted by atomic mass is 32.1. The fourth-order valence-corrected chi connectivity index (χ4v) is 7.81. The third-order valence-corrected chi connectivity index (χ3v) is 8.68. The summed E-state index contributed by atoms with van der Waals surface area (Å²) in [5.74, 6) is 2.35. The molecule has 2 aliphatic carbocycles. The van der Waals surface area contributed by atoms with Gasteiger partial charge in [-0.2, -0.15) is 4.37 Å². The van der Waals surface area contributed by atoms with Crippen LogP contribution in [-0.4, -0.2) is 59.2 Å². The first-order chi connectivity index (χ1) is 14.7. The van der Waals surface area contributed by atoms with Crippen molar-refractivity contribution < 1.29 is 9.90 Å². The molecule has 168 valence electrons. The van der Waals surface area contributed by atoms with E-state index in [0.717, 1.165) is 44.3 Å². The molecule has 2 atom stereocenters. The van der Waals surface area contributed by atoms with Crippen LogP contribution in [0.2, 0.25) is 0 Å². The molecule has 0 radical (unpaired) electrons. The van der Waals surface area contributed by atoms with Gasteiger partial charge < -0.3 is 15.3 Å². The maximum absolute atomic E-state index is 11.2. The highest BCUT2D eigenvalue weighted by molar-refractivity contribution is 7.13. The maximum atomic E-state index is 11.2. The molecule has 5 rings (SSSR count). The summed E-state index contributed by atoms with van der Waals surface area (Å²) in [5, 5.41) is 13.2. The average Bonchev–Trinajstić information content (AvgIpc) is 3.08. The third-order valence-electron chi connectivity index (χ3n) is 7.87. The lowest BCUT2D eigenvalue weighted by Gasteiger charge is -2.67. The van der Waals surface area contributed by atoms with Crippen LogP contribution >= 0.6 is 11.5 Å². The number of benzene rings is 1. The normalized spacial score (nSPS) is 31.5. The van der Waals surface area contributed by atoms with Crippen molar-refractivity contribution in [3.8, 4) is 0 Å². The van der Waals surface area contributed by atoms with Crippen molar-refractivity contribution >= 4 is 33.5 Å². The molecule has 1 spiro atoms. The van der Waals surface area contributed by atoms with Gasteiger partial charge in [-0.15, -0.1) is 0 Å². The van der Waals surface area contributed by atoms with Crippen LogP contribution in [0.3, 0.4) is 0 Å². The van der Waals surface area contributed by atoms with Gasteiger partial charge in [0.25, 0.3) is 0 Å². The first-order valence-electron chi connectivity index (χ1n) is 11.6. The molecule has 7 heteroatoms. The van der Waals surface area contributed by atoms with Crippen molar-refractivity contribution in [1.82, 2.24) is 14.6 Å². The molecule has 1 aromatic heterocycles. The number of amides is 1. The summed E-state index contributed by atoms with van der Waals surface area (Å²) < 4.78 is 6.00. The van der Waals surface area contributed by atoms with Crippen LogP contribution in [0, 0.1) is 22.7 Å². The van der Waals surface area contributed by atoms with Gasteiger partial charge in [-0.1, -0.05) is 32.9 Å². The minimum Gasteiger partial charge on any atom is -0.465 e. The zero-order valence-electron chi connectivity index (χ0n) is 18.8. The van der Waals surface area contributed by atoms with Crippen LogP contribution in [-0.2, 0) is 0 Å². The van der Waals surface area contributed by atoms with Gasteiger partial charge in [-0.3, -0.25) is 4.90 Å². The van der Waals surface area contributed by atoms with Crippen LogP contribution in [0.5, 0.6) is 0 Å². The number of hydrogen-bond acceptors (Lipinski definition) is 5. The first-order valence-corrected chi connectivity index (χ1v) is 12.3. The van der Waals surface area contributed by atoms with E-state index >= 15 is 0 Å². The maximum Gasteiger partial charge on any atom is 0.404 e. The molecule has 3 aliphatic rings. The van der Waals surface area contributed by atoms with E-state index in [1.165, 1.54) is 29.5 Å². The zero-order valence-corrected chi connectivity index (χ0v) is 19.6. The van der Waals surface area contributed by atoms with E-state index in [2.05, 4.69) is 60.2 Å². The van der Waals surface area contributed by atoms with E-state index in [-0.39, 0.29) is 11.5 Å². The summed E-state index contributed by atoms with van der Waals surface area (Å²) in [4.78, 5) is 16.2. The Balaban J connectivity index is 1.14. The first kappa shape index (κ1) is 21.0. The number of anilines is 1. The van der Waals surface area contributed by atoms with Crippen molar-refractivity contribution in [2.45, 2.75) is 46.1 Å². The van der Waals surface area contributed by atoms with Crippen molar-refractivity contribution in [3.63, 3.8) is 0 Å². The monoisotopic (exact) mass is 442 g/mol. The number of piperazine rings is 1. The predicted molar refractivity (Wildman–Crippen MR) is 126 cm³/mol. The van der Waals surface area contributed by atoms with Crippen LogP contribution in [0.1, 0.15) is 40.0 Å². The molecule has 3 fully saturated rings. The minimum atomic E-state index is -0.879. The Morgan fingerprint density at radius 3 is 2.58 bits per heavy atom. The zero-order chi connectivity index (χ0) is 21.8. The van der Waals surface area contributed by atoms with Crippen LogP contribution in [0.4, 0.5) is 10.6 Å². The molecule has 1 aliphatic heterocycles. The Hall–Kier alpha value is -1.86. The molecule has 6 nitrogen and oxygen atoms in total. The Kier molecular flexibility index (Phi) is 5.17. The van der Waals surface area contributed by atoms with Gasteiger partial charge in [0.05, 0.1) is 4.70 Å². The number of rotatable bonds is 4. The van der Waals surface area contributed by atoms with Gasteiger partial charge in [0.1, 0.15) is 5.82 Å². The SMILES string of the molecule is CC(C)(C)C1C(NC(=O)O)CC12CC(CN1CCN(c3nsc4ccccc34)CC1)C2. The number of nitrogens with one attached hydrogen (secondary N) is 1. The molecule has 2 unspecified atom stereocenters. The molecular formula is C24H34N4O2S. The number of carboxylic acid groups (broad SMARTS) is 1. The van der Waals surface area contributed by atoms with E-state index in [1.54, 1.807) is 11.5 Å². The molecule has 2 heterocycles. The summed E-state index contributed by atoms with van der Waals surface area (Å²) in [6, 6.07) is 8.64. The van der Waals surface area contributed by atoms with Crippen molar-refractivity contribution in [3.05, 3.63) is 24.3 Å². The molecule has 0 bridgehead atoms. The fraction of sp³-hybridized carbons (Fsp3) is 0.667. The Morgan fingerprint density at radius 2 is 1.90 bits per heavy atom.